The first kappa shape index (κ1) is 22.2. The molecule has 162 valence electrons. The summed E-state index contributed by atoms with van der Waals surface area (Å²) in [5.41, 5.74) is 2.36. The van der Waals surface area contributed by atoms with E-state index in [9.17, 15) is 9.18 Å². The summed E-state index contributed by atoms with van der Waals surface area (Å²) in [6.07, 6.45) is 1.77. The van der Waals surface area contributed by atoms with Gasteiger partial charge in [0.25, 0.3) is 5.91 Å². The van der Waals surface area contributed by atoms with Crippen LogP contribution in [-0.2, 0) is 13.2 Å². The molecule has 0 aliphatic carbocycles. The smallest absolute Gasteiger partial charge is 0.256 e. The molecule has 1 heterocycles. The molecule has 0 unspecified atom stereocenters. The number of halogens is 3. The second-order valence-electron chi connectivity index (χ2n) is 7.02. The van der Waals surface area contributed by atoms with E-state index in [0.717, 1.165) is 21.3 Å². The zero-order valence-corrected chi connectivity index (χ0v) is 19.9. The molecule has 1 amide bonds. The van der Waals surface area contributed by atoms with E-state index in [1.807, 2.05) is 36.4 Å². The maximum atomic E-state index is 13.1. The summed E-state index contributed by atoms with van der Waals surface area (Å²) in [4.78, 5) is 12.6. The fraction of sp³-hybridized carbons (Fsp3) is 0.0833. The number of hydrogen-bond donors (Lipinski definition) is 1. The van der Waals surface area contributed by atoms with Gasteiger partial charge in [-0.3, -0.25) is 9.48 Å². The predicted molar refractivity (Wildman–Crippen MR) is 128 cm³/mol. The number of aromatic nitrogens is 2. The molecule has 8 heteroatoms. The topological polar surface area (TPSA) is 56.2 Å². The molecule has 0 spiro atoms. The number of hydrogen-bond acceptors (Lipinski definition) is 3. The van der Waals surface area contributed by atoms with Crippen LogP contribution in [0.1, 0.15) is 21.5 Å². The van der Waals surface area contributed by atoms with Crippen molar-refractivity contribution in [3.8, 4) is 5.75 Å². The zero-order valence-electron chi connectivity index (χ0n) is 16.8. The molecule has 4 rings (SSSR count). The highest BCUT2D eigenvalue weighted by molar-refractivity contribution is 9.11. The lowest BCUT2D eigenvalue weighted by Crippen LogP contribution is -2.13. The van der Waals surface area contributed by atoms with Gasteiger partial charge in [-0.1, -0.05) is 36.4 Å². The molecule has 0 saturated carbocycles. The van der Waals surface area contributed by atoms with Crippen LogP contribution in [0.15, 0.2) is 87.9 Å². The second-order valence-corrected chi connectivity index (χ2v) is 8.73. The van der Waals surface area contributed by atoms with Gasteiger partial charge in [-0.15, -0.1) is 0 Å². The van der Waals surface area contributed by atoms with E-state index in [4.69, 9.17) is 4.74 Å². The van der Waals surface area contributed by atoms with E-state index >= 15 is 0 Å². The summed E-state index contributed by atoms with van der Waals surface area (Å²) in [6, 6.07) is 21.1. The third-order valence-corrected chi connectivity index (χ3v) is 5.89. The molecule has 0 bridgehead atoms. The molecule has 1 N–H and O–H groups in total. The lowest BCUT2D eigenvalue weighted by molar-refractivity contribution is 0.102. The van der Waals surface area contributed by atoms with Crippen LogP contribution >= 0.6 is 31.9 Å². The molecule has 0 aliphatic rings. The molecule has 0 fully saturated rings. The normalized spacial score (nSPS) is 10.7. The second kappa shape index (κ2) is 10.1. The largest absolute Gasteiger partial charge is 0.488 e. The number of nitrogens with one attached hydrogen (secondary N) is 1. The van der Waals surface area contributed by atoms with Gasteiger partial charge >= 0.3 is 0 Å². The van der Waals surface area contributed by atoms with Crippen molar-refractivity contribution in [2.24, 2.45) is 0 Å². The minimum atomic E-state index is -0.283. The van der Waals surface area contributed by atoms with E-state index in [2.05, 4.69) is 42.3 Å². The van der Waals surface area contributed by atoms with Crippen molar-refractivity contribution < 1.29 is 13.9 Å². The van der Waals surface area contributed by atoms with Gasteiger partial charge in [-0.05, 0) is 79.4 Å². The summed E-state index contributed by atoms with van der Waals surface area (Å²) in [7, 11) is 0. The van der Waals surface area contributed by atoms with E-state index in [-0.39, 0.29) is 11.7 Å². The van der Waals surface area contributed by atoms with Gasteiger partial charge in [0.2, 0.25) is 0 Å². The number of anilines is 1. The summed E-state index contributed by atoms with van der Waals surface area (Å²) >= 11 is 6.88. The Morgan fingerprint density at radius 2 is 1.62 bits per heavy atom. The fourth-order valence-electron chi connectivity index (χ4n) is 2.99. The molecule has 1 aromatic heterocycles. The lowest BCUT2D eigenvalue weighted by Gasteiger charge is -2.09. The molecule has 0 saturated heterocycles. The summed E-state index contributed by atoms with van der Waals surface area (Å²) in [6.45, 7) is 0.852. The number of rotatable bonds is 7. The number of para-hydroxylation sites is 1. The van der Waals surface area contributed by atoms with Crippen molar-refractivity contribution in [3.63, 3.8) is 0 Å². The highest BCUT2D eigenvalue weighted by Crippen LogP contribution is 2.25. The average molecular weight is 559 g/mol. The third kappa shape index (κ3) is 5.63. The molecule has 32 heavy (non-hydrogen) atoms. The average Bonchev–Trinajstić information content (AvgIpc) is 3.13. The Morgan fingerprint density at radius 3 is 2.34 bits per heavy atom. The van der Waals surface area contributed by atoms with Gasteiger partial charge in [-0.25, -0.2) is 4.39 Å². The van der Waals surface area contributed by atoms with Crippen molar-refractivity contribution in [2.45, 2.75) is 13.2 Å². The number of nitrogens with zero attached hydrogens (tertiary/aromatic N) is 2. The van der Waals surface area contributed by atoms with Crippen LogP contribution in [0.5, 0.6) is 5.75 Å². The van der Waals surface area contributed by atoms with Crippen molar-refractivity contribution in [1.82, 2.24) is 9.78 Å². The highest BCUT2D eigenvalue weighted by Gasteiger charge is 2.13. The molecule has 4 aromatic rings. The Bertz CT molecular complexity index is 1220. The molecule has 0 atom stereocenters. The highest BCUT2D eigenvalue weighted by atomic mass is 79.9. The fourth-order valence-corrected chi connectivity index (χ4v) is 3.81. The van der Waals surface area contributed by atoms with Crippen molar-refractivity contribution >= 4 is 43.6 Å². The van der Waals surface area contributed by atoms with Crippen LogP contribution in [0.2, 0.25) is 0 Å². The molecule has 0 radical (unpaired) electrons. The monoisotopic (exact) mass is 557 g/mol. The number of benzene rings is 3. The van der Waals surface area contributed by atoms with Gasteiger partial charge in [0.05, 0.1) is 15.5 Å². The summed E-state index contributed by atoms with van der Waals surface area (Å²) in [5.74, 6) is 0.624. The Kier molecular flexibility index (Phi) is 7.02. The Labute approximate surface area is 201 Å². The van der Waals surface area contributed by atoms with E-state index in [0.29, 0.717) is 29.0 Å². The quantitative estimate of drug-likeness (QED) is 0.284. The number of carbonyl (C=O) groups excluding carboxylic acids is 1. The number of ether oxygens (including phenoxy) is 1. The lowest BCUT2D eigenvalue weighted by atomic mass is 10.1. The first-order valence-corrected chi connectivity index (χ1v) is 11.3. The maximum absolute atomic E-state index is 13.1. The van der Waals surface area contributed by atoms with Gasteiger partial charge in [-0.2, -0.15) is 5.10 Å². The maximum Gasteiger partial charge on any atom is 0.256 e. The van der Waals surface area contributed by atoms with Crippen LogP contribution in [0.4, 0.5) is 10.2 Å². The van der Waals surface area contributed by atoms with Crippen LogP contribution < -0.4 is 10.1 Å². The van der Waals surface area contributed by atoms with Crippen LogP contribution in [0, 0.1) is 5.82 Å². The Hall–Kier alpha value is -2.97. The first-order valence-electron chi connectivity index (χ1n) is 9.73. The summed E-state index contributed by atoms with van der Waals surface area (Å²) in [5, 5.41) is 7.21. The van der Waals surface area contributed by atoms with Crippen LogP contribution in [0.25, 0.3) is 0 Å². The van der Waals surface area contributed by atoms with Gasteiger partial charge in [0.15, 0.2) is 5.82 Å². The number of amides is 1. The van der Waals surface area contributed by atoms with Crippen LogP contribution in [0.3, 0.4) is 0 Å². The van der Waals surface area contributed by atoms with Gasteiger partial charge in [0, 0.05) is 11.8 Å². The van der Waals surface area contributed by atoms with Gasteiger partial charge in [0.1, 0.15) is 18.2 Å². The number of carbonyl (C=O) groups is 1. The molecule has 3 aromatic carbocycles. The van der Waals surface area contributed by atoms with Crippen molar-refractivity contribution in [1.29, 1.82) is 0 Å². The minimum absolute atomic E-state index is 0.268. The SMILES string of the molecule is O=C(Nc1nn(Cc2ccc(F)cc2)cc1Br)c1ccc(COc2ccccc2Br)cc1. The molecule has 5 nitrogen and oxygen atoms in total. The predicted octanol–water partition coefficient (Wildman–Crippen LogP) is 6.43. The molecular formula is C24H18Br2FN3O2. The summed E-state index contributed by atoms with van der Waals surface area (Å²) < 4.78 is 22.1. The Morgan fingerprint density at radius 1 is 0.938 bits per heavy atom. The van der Waals surface area contributed by atoms with Crippen molar-refractivity contribution in [2.75, 3.05) is 5.32 Å². The Balaban J connectivity index is 1.37. The van der Waals surface area contributed by atoms with E-state index < -0.39 is 0 Å². The van der Waals surface area contributed by atoms with Crippen molar-refractivity contribution in [3.05, 3.63) is 110 Å². The molecule has 0 aliphatic heterocycles. The first-order chi connectivity index (χ1) is 15.5. The zero-order chi connectivity index (χ0) is 22.5. The van der Waals surface area contributed by atoms with Gasteiger partial charge < -0.3 is 10.1 Å². The standard InChI is InChI=1S/C24H18Br2FN3O2/c25-20-3-1-2-4-22(20)32-15-17-5-9-18(10-6-17)24(31)28-23-21(26)14-30(29-23)13-16-7-11-19(27)12-8-16/h1-12,14H,13,15H2,(H,28,29,31). The van der Waals surface area contributed by atoms with E-state index in [1.165, 1.54) is 12.1 Å². The molecular weight excluding hydrogens is 541 g/mol. The third-order valence-electron chi connectivity index (χ3n) is 4.65. The van der Waals surface area contributed by atoms with E-state index in [1.54, 1.807) is 35.1 Å². The minimum Gasteiger partial charge on any atom is -0.488 e. The van der Waals surface area contributed by atoms with Crippen LogP contribution in [-0.4, -0.2) is 15.7 Å².